The molecule has 23 heavy (non-hydrogen) atoms. The van der Waals surface area contributed by atoms with Crippen LogP contribution in [0.5, 0.6) is 5.75 Å². The standard InChI is InChI=1S/C13H10BrF2N5O2/c1-6-9(10(17)11-12(19-6)21-23-20-11)4-7-2-3-8(5-18-7)22-13(14,15)16/h2-3,5H,4,17H2,1H3. The van der Waals surface area contributed by atoms with E-state index >= 15 is 0 Å². The molecule has 0 unspecified atom stereocenters. The second kappa shape index (κ2) is 5.69. The van der Waals surface area contributed by atoms with Crippen LogP contribution in [0.15, 0.2) is 23.0 Å². The van der Waals surface area contributed by atoms with Gasteiger partial charge in [-0.2, -0.15) is 8.78 Å². The van der Waals surface area contributed by atoms with E-state index in [0.717, 1.165) is 5.56 Å². The summed E-state index contributed by atoms with van der Waals surface area (Å²) in [6.07, 6.45) is 1.57. The minimum Gasteiger partial charge on any atom is -0.422 e. The number of nitrogens with two attached hydrogens (primary N) is 1. The number of pyridine rings is 2. The largest absolute Gasteiger partial charge is 0.459 e. The number of aromatic nitrogens is 4. The van der Waals surface area contributed by atoms with Gasteiger partial charge in [0.15, 0.2) is 5.52 Å². The van der Waals surface area contributed by atoms with Crippen molar-refractivity contribution in [3.8, 4) is 5.75 Å². The van der Waals surface area contributed by atoms with E-state index in [2.05, 4.69) is 45.6 Å². The average Bonchev–Trinajstić information content (AvgIpc) is 2.92. The third-order valence-electron chi connectivity index (χ3n) is 3.15. The summed E-state index contributed by atoms with van der Waals surface area (Å²) in [5, 5.41) is 3.92. The van der Waals surface area contributed by atoms with E-state index in [-0.39, 0.29) is 5.75 Å². The third-order valence-corrected chi connectivity index (χ3v) is 3.31. The minimum atomic E-state index is -3.44. The zero-order valence-electron chi connectivity index (χ0n) is 11.8. The Labute approximate surface area is 136 Å². The van der Waals surface area contributed by atoms with Gasteiger partial charge in [0.25, 0.3) is 0 Å². The smallest absolute Gasteiger partial charge is 0.422 e. The number of halogens is 3. The molecule has 0 aliphatic heterocycles. The summed E-state index contributed by atoms with van der Waals surface area (Å²) in [5.41, 5.74) is 9.19. The second-order valence-corrected chi connectivity index (χ2v) is 5.66. The van der Waals surface area contributed by atoms with Crippen LogP contribution in [0.3, 0.4) is 0 Å². The fraction of sp³-hybridized carbons (Fsp3) is 0.231. The lowest BCUT2D eigenvalue weighted by Gasteiger charge is -2.11. The number of aryl methyl sites for hydroxylation is 1. The van der Waals surface area contributed by atoms with E-state index in [1.807, 2.05) is 0 Å². The third kappa shape index (κ3) is 3.36. The predicted octanol–water partition coefficient (Wildman–Crippen LogP) is 2.82. The topological polar surface area (TPSA) is 100.0 Å². The van der Waals surface area contributed by atoms with Gasteiger partial charge in [0.1, 0.15) is 5.75 Å². The predicted molar refractivity (Wildman–Crippen MR) is 80.3 cm³/mol. The van der Waals surface area contributed by atoms with Gasteiger partial charge in [-0.05, 0) is 29.4 Å². The highest BCUT2D eigenvalue weighted by Crippen LogP contribution is 2.28. The summed E-state index contributed by atoms with van der Waals surface area (Å²) in [5.74, 6) is -0.0606. The van der Waals surface area contributed by atoms with E-state index in [1.54, 1.807) is 13.0 Å². The lowest BCUT2D eigenvalue weighted by atomic mass is 10.1. The molecule has 120 valence electrons. The monoisotopic (exact) mass is 385 g/mol. The first kappa shape index (κ1) is 15.5. The highest BCUT2D eigenvalue weighted by Gasteiger charge is 2.26. The van der Waals surface area contributed by atoms with E-state index in [1.165, 1.54) is 12.3 Å². The number of fused-ring (bicyclic) bond motifs is 1. The van der Waals surface area contributed by atoms with Crippen LogP contribution in [-0.2, 0) is 6.42 Å². The van der Waals surface area contributed by atoms with Crippen molar-refractivity contribution < 1.29 is 18.1 Å². The zero-order valence-corrected chi connectivity index (χ0v) is 13.3. The van der Waals surface area contributed by atoms with Gasteiger partial charge < -0.3 is 10.5 Å². The molecule has 0 bridgehead atoms. The van der Waals surface area contributed by atoms with Crippen LogP contribution in [0.25, 0.3) is 11.2 Å². The van der Waals surface area contributed by atoms with Crippen LogP contribution >= 0.6 is 15.9 Å². The molecule has 0 radical (unpaired) electrons. The number of ether oxygens (including phenoxy) is 1. The lowest BCUT2D eigenvalue weighted by Crippen LogP contribution is -2.15. The highest BCUT2D eigenvalue weighted by atomic mass is 79.9. The van der Waals surface area contributed by atoms with Crippen molar-refractivity contribution in [2.75, 3.05) is 5.73 Å². The molecular weight excluding hydrogens is 376 g/mol. The molecule has 0 aliphatic rings. The molecule has 3 heterocycles. The number of nitrogens with zero attached hydrogens (tertiary/aromatic N) is 4. The molecular formula is C13H10BrF2N5O2. The van der Waals surface area contributed by atoms with Crippen LogP contribution in [0.4, 0.5) is 14.5 Å². The zero-order chi connectivity index (χ0) is 16.6. The molecule has 0 aromatic carbocycles. The number of nitrogen functional groups attached to an aromatic ring is 1. The molecule has 0 spiro atoms. The Morgan fingerprint density at radius 1 is 1.35 bits per heavy atom. The normalized spacial score (nSPS) is 11.8. The van der Waals surface area contributed by atoms with Gasteiger partial charge in [-0.3, -0.25) is 4.98 Å². The van der Waals surface area contributed by atoms with E-state index in [0.29, 0.717) is 34.7 Å². The molecule has 2 N–H and O–H groups in total. The Morgan fingerprint density at radius 2 is 2.13 bits per heavy atom. The Hall–Kier alpha value is -2.36. The molecule has 0 atom stereocenters. The fourth-order valence-corrected chi connectivity index (χ4v) is 2.29. The quantitative estimate of drug-likeness (QED) is 0.689. The average molecular weight is 386 g/mol. The Bertz CT molecular complexity index is 848. The summed E-state index contributed by atoms with van der Waals surface area (Å²) < 4.78 is 34.4. The summed E-state index contributed by atoms with van der Waals surface area (Å²) in [4.78, 5) is 8.34. The van der Waals surface area contributed by atoms with Gasteiger partial charge in [0, 0.05) is 39.3 Å². The first-order valence-corrected chi connectivity index (χ1v) is 7.20. The molecule has 0 amide bonds. The molecule has 0 saturated heterocycles. The summed E-state index contributed by atoms with van der Waals surface area (Å²) in [7, 11) is 0. The van der Waals surface area contributed by atoms with Gasteiger partial charge in [-0.1, -0.05) is 0 Å². The van der Waals surface area contributed by atoms with Gasteiger partial charge in [0.05, 0.1) is 11.9 Å². The van der Waals surface area contributed by atoms with Gasteiger partial charge in [-0.25, -0.2) is 9.61 Å². The van der Waals surface area contributed by atoms with Crippen LogP contribution < -0.4 is 10.5 Å². The molecule has 3 aromatic heterocycles. The van der Waals surface area contributed by atoms with Crippen molar-refractivity contribution in [2.24, 2.45) is 0 Å². The number of alkyl halides is 3. The molecule has 7 nitrogen and oxygen atoms in total. The van der Waals surface area contributed by atoms with Crippen molar-refractivity contribution in [2.45, 2.75) is 18.4 Å². The number of hydrogen-bond acceptors (Lipinski definition) is 7. The van der Waals surface area contributed by atoms with Crippen LogP contribution in [0.2, 0.25) is 0 Å². The van der Waals surface area contributed by atoms with Crippen molar-refractivity contribution >= 4 is 32.8 Å². The van der Waals surface area contributed by atoms with Gasteiger partial charge in [0.2, 0.25) is 5.65 Å². The first-order chi connectivity index (χ1) is 10.8. The van der Waals surface area contributed by atoms with E-state index < -0.39 is 5.02 Å². The maximum atomic E-state index is 12.7. The maximum Gasteiger partial charge on any atom is 0.459 e. The summed E-state index contributed by atoms with van der Waals surface area (Å²) in [6, 6.07) is 2.96. The van der Waals surface area contributed by atoms with Crippen LogP contribution in [-0.4, -0.2) is 25.3 Å². The molecule has 0 aliphatic carbocycles. The Balaban J connectivity index is 1.87. The number of hydrogen-bond donors (Lipinski definition) is 1. The van der Waals surface area contributed by atoms with Gasteiger partial charge >= 0.3 is 5.02 Å². The second-order valence-electron chi connectivity index (χ2n) is 4.74. The van der Waals surface area contributed by atoms with Crippen molar-refractivity contribution in [3.63, 3.8) is 0 Å². The Morgan fingerprint density at radius 3 is 2.78 bits per heavy atom. The molecule has 0 fully saturated rings. The SMILES string of the molecule is Cc1nc2nonc2c(N)c1Cc1ccc(OC(F)(F)Br)cn1. The molecule has 10 heteroatoms. The first-order valence-electron chi connectivity index (χ1n) is 6.41. The molecule has 0 saturated carbocycles. The number of anilines is 1. The van der Waals surface area contributed by atoms with E-state index in [4.69, 9.17) is 5.73 Å². The highest BCUT2D eigenvalue weighted by molar-refractivity contribution is 9.09. The van der Waals surface area contributed by atoms with Crippen molar-refractivity contribution in [3.05, 3.63) is 35.3 Å². The lowest BCUT2D eigenvalue weighted by molar-refractivity contribution is -0.0805. The summed E-state index contributed by atoms with van der Waals surface area (Å²) in [6.45, 7) is 1.78. The van der Waals surface area contributed by atoms with Gasteiger partial charge in [-0.15, -0.1) is 0 Å². The minimum absolute atomic E-state index is 0.0606. The van der Waals surface area contributed by atoms with Crippen molar-refractivity contribution in [1.82, 2.24) is 20.3 Å². The number of rotatable bonds is 4. The van der Waals surface area contributed by atoms with Crippen LogP contribution in [0, 0.1) is 6.92 Å². The Kier molecular flexibility index (Phi) is 3.84. The fourth-order valence-electron chi connectivity index (χ4n) is 2.10. The maximum absolute atomic E-state index is 12.7. The summed E-state index contributed by atoms with van der Waals surface area (Å²) >= 11 is 2.10. The van der Waals surface area contributed by atoms with Crippen LogP contribution in [0.1, 0.15) is 17.0 Å². The van der Waals surface area contributed by atoms with E-state index in [9.17, 15) is 8.78 Å². The molecule has 3 rings (SSSR count). The van der Waals surface area contributed by atoms with Crippen molar-refractivity contribution in [1.29, 1.82) is 0 Å². The molecule has 3 aromatic rings.